The number of likely N-dealkylation sites (tertiary alicyclic amines) is 1. The van der Waals surface area contributed by atoms with Gasteiger partial charge >= 0.3 is 6.09 Å². The zero-order chi connectivity index (χ0) is 16.0. The topological polar surface area (TPSA) is 67.9 Å². The van der Waals surface area contributed by atoms with Gasteiger partial charge in [0.2, 0.25) is 5.91 Å². The Labute approximate surface area is 127 Å². The van der Waals surface area contributed by atoms with Crippen LogP contribution in [0.15, 0.2) is 0 Å². The van der Waals surface area contributed by atoms with Crippen LogP contribution in [0.2, 0.25) is 0 Å². The van der Waals surface area contributed by atoms with Gasteiger partial charge in [-0.05, 0) is 47.0 Å². The van der Waals surface area contributed by atoms with Crippen molar-refractivity contribution >= 4 is 12.0 Å². The van der Waals surface area contributed by atoms with Gasteiger partial charge in [-0.25, -0.2) is 4.79 Å². The highest BCUT2D eigenvalue weighted by molar-refractivity contribution is 5.86. The van der Waals surface area contributed by atoms with E-state index in [4.69, 9.17) is 9.47 Å². The van der Waals surface area contributed by atoms with Crippen LogP contribution in [0.3, 0.4) is 0 Å². The molecular weight excluding hydrogens is 272 g/mol. The van der Waals surface area contributed by atoms with Gasteiger partial charge < -0.3 is 19.7 Å². The third kappa shape index (κ3) is 5.91. The van der Waals surface area contributed by atoms with Crippen molar-refractivity contribution in [2.75, 3.05) is 20.2 Å². The van der Waals surface area contributed by atoms with Gasteiger partial charge in [0.05, 0.1) is 6.10 Å². The van der Waals surface area contributed by atoms with Crippen molar-refractivity contribution in [1.29, 1.82) is 0 Å². The van der Waals surface area contributed by atoms with Crippen LogP contribution in [0, 0.1) is 0 Å². The lowest BCUT2D eigenvalue weighted by Gasteiger charge is -2.33. The second-order valence-corrected chi connectivity index (χ2v) is 6.45. The average molecular weight is 300 g/mol. The van der Waals surface area contributed by atoms with E-state index in [1.807, 2.05) is 0 Å². The van der Waals surface area contributed by atoms with Crippen molar-refractivity contribution in [3.63, 3.8) is 0 Å². The largest absolute Gasteiger partial charge is 0.444 e. The number of amides is 2. The lowest BCUT2D eigenvalue weighted by molar-refractivity contribution is -0.137. The molecule has 0 spiro atoms. The van der Waals surface area contributed by atoms with Crippen molar-refractivity contribution in [2.45, 2.75) is 64.7 Å². The third-order valence-electron chi connectivity index (χ3n) is 3.45. The number of ether oxygens (including phenoxy) is 2. The van der Waals surface area contributed by atoms with Crippen LogP contribution >= 0.6 is 0 Å². The first kappa shape index (κ1) is 17.8. The van der Waals surface area contributed by atoms with Crippen molar-refractivity contribution in [3.8, 4) is 0 Å². The first-order valence-corrected chi connectivity index (χ1v) is 7.55. The monoisotopic (exact) mass is 300 g/mol. The number of piperidine rings is 1. The number of carbonyl (C=O) groups excluding carboxylic acids is 2. The highest BCUT2D eigenvalue weighted by Crippen LogP contribution is 2.13. The van der Waals surface area contributed by atoms with E-state index >= 15 is 0 Å². The minimum absolute atomic E-state index is 0.102. The zero-order valence-electron chi connectivity index (χ0n) is 13.8. The highest BCUT2D eigenvalue weighted by atomic mass is 16.6. The van der Waals surface area contributed by atoms with Crippen LogP contribution in [0.25, 0.3) is 0 Å². The molecule has 1 N–H and O–H groups in total. The number of carbonyl (C=O) groups is 2. The lowest BCUT2D eigenvalue weighted by Crippen LogP contribution is -2.55. The molecular formula is C15H28N2O4. The van der Waals surface area contributed by atoms with Crippen LogP contribution in [0.1, 0.15) is 47.0 Å². The number of hydrogen-bond acceptors (Lipinski definition) is 4. The molecule has 1 aliphatic heterocycles. The maximum atomic E-state index is 12.6. The van der Waals surface area contributed by atoms with Crippen LogP contribution in [0.4, 0.5) is 4.79 Å². The standard InChI is InChI=1S/C15H28N2O4/c1-11(20-5)12(16-14(19)21-15(2,3)4)13(18)17-9-7-6-8-10-17/h11-12H,6-10H2,1-5H3,(H,16,19)/t11-,12+/m1/s1. The molecule has 0 radical (unpaired) electrons. The third-order valence-corrected chi connectivity index (χ3v) is 3.45. The molecule has 0 aromatic carbocycles. The Morgan fingerprint density at radius 3 is 2.19 bits per heavy atom. The highest BCUT2D eigenvalue weighted by Gasteiger charge is 2.32. The van der Waals surface area contributed by atoms with E-state index in [9.17, 15) is 9.59 Å². The lowest BCUT2D eigenvalue weighted by atomic mass is 10.1. The van der Waals surface area contributed by atoms with Gasteiger partial charge in [-0.15, -0.1) is 0 Å². The molecule has 6 heteroatoms. The number of hydrogen-bond donors (Lipinski definition) is 1. The van der Waals surface area contributed by atoms with Gasteiger partial charge in [0, 0.05) is 20.2 Å². The van der Waals surface area contributed by atoms with E-state index in [2.05, 4.69) is 5.32 Å². The van der Waals surface area contributed by atoms with Gasteiger partial charge in [0.15, 0.2) is 0 Å². The number of nitrogens with one attached hydrogen (secondary N) is 1. The molecule has 1 aliphatic rings. The van der Waals surface area contributed by atoms with Crippen LogP contribution in [0.5, 0.6) is 0 Å². The maximum Gasteiger partial charge on any atom is 0.408 e. The molecule has 0 aromatic heterocycles. The maximum absolute atomic E-state index is 12.6. The summed E-state index contributed by atoms with van der Waals surface area (Å²) in [5.41, 5.74) is -0.598. The average Bonchev–Trinajstić information content (AvgIpc) is 2.42. The molecule has 2 atom stereocenters. The fourth-order valence-corrected chi connectivity index (χ4v) is 2.26. The summed E-state index contributed by atoms with van der Waals surface area (Å²) in [5.74, 6) is -0.102. The Hall–Kier alpha value is -1.30. The smallest absolute Gasteiger partial charge is 0.408 e. The molecule has 1 fully saturated rings. The number of nitrogens with zero attached hydrogens (tertiary/aromatic N) is 1. The van der Waals surface area contributed by atoms with Crippen molar-refractivity contribution < 1.29 is 19.1 Å². The van der Waals surface area contributed by atoms with Crippen molar-refractivity contribution in [2.24, 2.45) is 0 Å². The molecule has 0 unspecified atom stereocenters. The normalized spacial score (nSPS) is 18.8. The first-order chi connectivity index (χ1) is 9.74. The molecule has 1 rings (SSSR count). The summed E-state index contributed by atoms with van der Waals surface area (Å²) in [6.07, 6.45) is 2.15. The molecule has 0 aliphatic carbocycles. The fraction of sp³-hybridized carbons (Fsp3) is 0.867. The molecule has 21 heavy (non-hydrogen) atoms. The molecule has 122 valence electrons. The van der Waals surface area contributed by atoms with Gasteiger partial charge in [-0.2, -0.15) is 0 Å². The number of methoxy groups -OCH3 is 1. The molecule has 6 nitrogen and oxygen atoms in total. The second-order valence-electron chi connectivity index (χ2n) is 6.45. The van der Waals surface area contributed by atoms with E-state index in [0.29, 0.717) is 0 Å². The van der Waals surface area contributed by atoms with Gasteiger partial charge in [0.1, 0.15) is 11.6 Å². The first-order valence-electron chi connectivity index (χ1n) is 7.55. The fourth-order valence-electron chi connectivity index (χ4n) is 2.26. The Kier molecular flexibility index (Phi) is 6.45. The van der Waals surface area contributed by atoms with Crippen LogP contribution in [-0.4, -0.2) is 54.8 Å². The van der Waals surface area contributed by atoms with E-state index < -0.39 is 23.8 Å². The summed E-state index contributed by atoms with van der Waals surface area (Å²) in [7, 11) is 1.53. The van der Waals surface area contributed by atoms with Gasteiger partial charge in [0.25, 0.3) is 0 Å². The Bertz CT molecular complexity index is 359. The second kappa shape index (κ2) is 7.64. The summed E-state index contributed by atoms with van der Waals surface area (Å²) >= 11 is 0. The number of rotatable bonds is 4. The SMILES string of the molecule is CO[C@H](C)[C@H](NC(=O)OC(C)(C)C)C(=O)N1CCCCC1. The number of alkyl carbamates (subject to hydrolysis) is 1. The summed E-state index contributed by atoms with van der Waals surface area (Å²) < 4.78 is 10.5. The van der Waals surface area contributed by atoms with Crippen molar-refractivity contribution in [1.82, 2.24) is 10.2 Å². The van der Waals surface area contributed by atoms with E-state index in [0.717, 1.165) is 32.4 Å². The van der Waals surface area contributed by atoms with Gasteiger partial charge in [-0.1, -0.05) is 0 Å². The van der Waals surface area contributed by atoms with Gasteiger partial charge in [-0.3, -0.25) is 4.79 Å². The minimum atomic E-state index is -0.719. The molecule has 0 aromatic rings. The van der Waals surface area contributed by atoms with Crippen LogP contribution < -0.4 is 5.32 Å². The van der Waals surface area contributed by atoms with Crippen molar-refractivity contribution in [3.05, 3.63) is 0 Å². The molecule has 0 bridgehead atoms. The van der Waals surface area contributed by atoms with E-state index in [-0.39, 0.29) is 5.91 Å². The van der Waals surface area contributed by atoms with Crippen LogP contribution in [-0.2, 0) is 14.3 Å². The predicted octanol–water partition coefficient (Wildman–Crippen LogP) is 1.93. The Balaban J connectivity index is 2.70. The molecule has 2 amide bonds. The minimum Gasteiger partial charge on any atom is -0.444 e. The quantitative estimate of drug-likeness (QED) is 0.861. The summed E-state index contributed by atoms with van der Waals surface area (Å²) in [6.45, 7) is 8.60. The zero-order valence-corrected chi connectivity index (χ0v) is 13.8. The summed E-state index contributed by atoms with van der Waals surface area (Å²) in [4.78, 5) is 26.3. The Morgan fingerprint density at radius 1 is 1.14 bits per heavy atom. The molecule has 1 heterocycles. The predicted molar refractivity (Wildman–Crippen MR) is 80.1 cm³/mol. The van der Waals surface area contributed by atoms with E-state index in [1.165, 1.54) is 7.11 Å². The molecule has 0 saturated carbocycles. The van der Waals surface area contributed by atoms with E-state index in [1.54, 1.807) is 32.6 Å². The molecule has 1 saturated heterocycles. The summed E-state index contributed by atoms with van der Waals surface area (Å²) in [5, 5.41) is 2.64. The Morgan fingerprint density at radius 2 is 1.71 bits per heavy atom. The summed E-state index contributed by atoms with van der Waals surface area (Å²) in [6, 6.07) is -0.719.